The normalized spacial score (nSPS) is 10.8. The number of nitrogen functional groups attached to an aromatic ring is 1. The van der Waals surface area contributed by atoms with Crippen LogP contribution in [0, 0.1) is 0 Å². The summed E-state index contributed by atoms with van der Waals surface area (Å²) >= 11 is 0. The fourth-order valence-corrected chi connectivity index (χ4v) is 1.91. The van der Waals surface area contributed by atoms with E-state index in [0.717, 1.165) is 23.2 Å². The fourth-order valence-electron chi connectivity index (χ4n) is 1.91. The molecule has 0 fully saturated rings. The minimum Gasteiger partial charge on any atom is -0.383 e. The zero-order valence-corrected chi connectivity index (χ0v) is 10.1. The molecule has 0 aliphatic rings. The molecule has 0 saturated heterocycles. The van der Waals surface area contributed by atoms with Crippen LogP contribution in [0.2, 0.25) is 0 Å². The van der Waals surface area contributed by atoms with E-state index in [1.54, 1.807) is 6.20 Å². The van der Waals surface area contributed by atoms with Crippen LogP contribution in [0.15, 0.2) is 30.9 Å². The van der Waals surface area contributed by atoms with E-state index in [4.69, 9.17) is 5.73 Å². The van der Waals surface area contributed by atoms with Crippen molar-refractivity contribution >= 4 is 5.82 Å². The zero-order valence-electron chi connectivity index (χ0n) is 10.1. The van der Waals surface area contributed by atoms with Gasteiger partial charge in [-0.2, -0.15) is 0 Å². The Morgan fingerprint density at radius 3 is 2.76 bits per heavy atom. The summed E-state index contributed by atoms with van der Waals surface area (Å²) in [5, 5.41) is 0. The molecule has 4 heteroatoms. The van der Waals surface area contributed by atoms with Gasteiger partial charge in [-0.15, -0.1) is 0 Å². The molecule has 0 aromatic carbocycles. The molecule has 0 amide bonds. The average molecular weight is 228 g/mol. The van der Waals surface area contributed by atoms with Gasteiger partial charge in [0, 0.05) is 24.4 Å². The molecule has 0 unspecified atom stereocenters. The Kier molecular flexibility index (Phi) is 3.32. The molecule has 0 atom stereocenters. The second kappa shape index (κ2) is 4.91. The Morgan fingerprint density at radius 1 is 1.29 bits per heavy atom. The summed E-state index contributed by atoms with van der Waals surface area (Å²) in [5.74, 6) is 0.900. The van der Waals surface area contributed by atoms with Crippen molar-refractivity contribution in [1.82, 2.24) is 15.0 Å². The van der Waals surface area contributed by atoms with Crippen LogP contribution in [0.25, 0.3) is 0 Å². The van der Waals surface area contributed by atoms with Gasteiger partial charge in [-0.05, 0) is 17.5 Å². The highest BCUT2D eigenvalue weighted by atomic mass is 14.9. The summed E-state index contributed by atoms with van der Waals surface area (Å²) in [6, 6.07) is 3.96. The number of hydrogen-bond acceptors (Lipinski definition) is 4. The predicted molar refractivity (Wildman–Crippen MR) is 67.6 cm³/mol. The lowest BCUT2D eigenvalue weighted by molar-refractivity contribution is 0.820. The predicted octanol–water partition coefficient (Wildman–Crippen LogP) is 2.17. The van der Waals surface area contributed by atoms with Crippen LogP contribution in [0.1, 0.15) is 36.6 Å². The highest BCUT2D eigenvalue weighted by Crippen LogP contribution is 2.24. The van der Waals surface area contributed by atoms with Crippen molar-refractivity contribution in [3.8, 4) is 0 Å². The topological polar surface area (TPSA) is 64.7 Å². The Balaban J connectivity index is 2.36. The van der Waals surface area contributed by atoms with Crippen LogP contribution >= 0.6 is 0 Å². The van der Waals surface area contributed by atoms with Gasteiger partial charge < -0.3 is 5.73 Å². The minimum atomic E-state index is 0.322. The second-order valence-corrected chi connectivity index (χ2v) is 4.31. The summed E-state index contributed by atoms with van der Waals surface area (Å²) in [5.41, 5.74) is 9.07. The van der Waals surface area contributed by atoms with Crippen molar-refractivity contribution in [3.63, 3.8) is 0 Å². The van der Waals surface area contributed by atoms with E-state index in [1.807, 2.05) is 18.3 Å². The van der Waals surface area contributed by atoms with Crippen LogP contribution in [-0.2, 0) is 6.42 Å². The molecule has 4 nitrogen and oxygen atoms in total. The van der Waals surface area contributed by atoms with Crippen LogP contribution in [-0.4, -0.2) is 15.0 Å². The third kappa shape index (κ3) is 2.58. The summed E-state index contributed by atoms with van der Waals surface area (Å²) in [6.07, 6.45) is 5.88. The highest BCUT2D eigenvalue weighted by molar-refractivity contribution is 5.44. The summed E-state index contributed by atoms with van der Waals surface area (Å²) in [4.78, 5) is 12.5. The SMILES string of the molecule is CC(C)c1c(N)ncnc1Cc1cccnc1. The molecular formula is C13H16N4. The molecule has 0 aliphatic carbocycles. The molecule has 88 valence electrons. The van der Waals surface area contributed by atoms with E-state index < -0.39 is 0 Å². The maximum atomic E-state index is 5.91. The Hall–Kier alpha value is -1.97. The smallest absolute Gasteiger partial charge is 0.130 e. The number of nitrogens with zero attached hydrogens (tertiary/aromatic N) is 3. The molecule has 2 aromatic heterocycles. The molecule has 2 aromatic rings. The van der Waals surface area contributed by atoms with Crippen molar-refractivity contribution in [2.75, 3.05) is 5.73 Å². The number of hydrogen-bond donors (Lipinski definition) is 1. The van der Waals surface area contributed by atoms with E-state index in [9.17, 15) is 0 Å². The zero-order chi connectivity index (χ0) is 12.3. The largest absolute Gasteiger partial charge is 0.383 e. The molecular weight excluding hydrogens is 212 g/mol. The Labute approximate surface area is 101 Å². The molecule has 0 bridgehead atoms. The van der Waals surface area contributed by atoms with Crippen molar-refractivity contribution in [2.24, 2.45) is 0 Å². The number of nitrogens with two attached hydrogens (primary N) is 1. The molecule has 0 radical (unpaired) electrons. The third-order valence-corrected chi connectivity index (χ3v) is 2.67. The van der Waals surface area contributed by atoms with E-state index in [1.165, 1.54) is 6.33 Å². The van der Waals surface area contributed by atoms with Gasteiger partial charge in [-0.1, -0.05) is 19.9 Å². The number of pyridine rings is 1. The molecule has 0 aliphatic heterocycles. The first-order valence-corrected chi connectivity index (χ1v) is 5.66. The summed E-state index contributed by atoms with van der Waals surface area (Å²) in [7, 11) is 0. The van der Waals surface area contributed by atoms with Crippen LogP contribution in [0.4, 0.5) is 5.82 Å². The maximum Gasteiger partial charge on any atom is 0.130 e. The maximum absolute atomic E-state index is 5.91. The first-order chi connectivity index (χ1) is 8.18. The minimum absolute atomic E-state index is 0.322. The van der Waals surface area contributed by atoms with E-state index in [2.05, 4.69) is 28.8 Å². The molecule has 0 saturated carbocycles. The Bertz CT molecular complexity index is 494. The van der Waals surface area contributed by atoms with Crippen molar-refractivity contribution in [3.05, 3.63) is 47.7 Å². The number of rotatable bonds is 3. The van der Waals surface area contributed by atoms with Gasteiger partial charge in [0.1, 0.15) is 12.1 Å². The van der Waals surface area contributed by atoms with Gasteiger partial charge in [-0.3, -0.25) is 4.98 Å². The highest BCUT2D eigenvalue weighted by Gasteiger charge is 2.13. The van der Waals surface area contributed by atoms with Gasteiger partial charge in [-0.25, -0.2) is 9.97 Å². The standard InChI is InChI=1S/C13H16N4/c1-9(2)12-11(16-8-17-13(12)14)6-10-4-3-5-15-7-10/h3-5,7-9H,6H2,1-2H3,(H2,14,16,17). The van der Waals surface area contributed by atoms with E-state index in [-0.39, 0.29) is 0 Å². The van der Waals surface area contributed by atoms with Crippen LogP contribution in [0.5, 0.6) is 0 Å². The lowest BCUT2D eigenvalue weighted by Gasteiger charge is -2.13. The van der Waals surface area contributed by atoms with Crippen LogP contribution < -0.4 is 5.73 Å². The molecule has 2 rings (SSSR count). The monoisotopic (exact) mass is 228 g/mol. The van der Waals surface area contributed by atoms with Gasteiger partial charge in [0.2, 0.25) is 0 Å². The van der Waals surface area contributed by atoms with Gasteiger partial charge >= 0.3 is 0 Å². The summed E-state index contributed by atoms with van der Waals surface area (Å²) < 4.78 is 0. The molecule has 0 spiro atoms. The van der Waals surface area contributed by atoms with Crippen molar-refractivity contribution < 1.29 is 0 Å². The van der Waals surface area contributed by atoms with Gasteiger partial charge in [0.15, 0.2) is 0 Å². The molecule has 17 heavy (non-hydrogen) atoms. The number of aromatic nitrogens is 3. The van der Waals surface area contributed by atoms with Gasteiger partial charge in [0.25, 0.3) is 0 Å². The average Bonchev–Trinajstić information content (AvgIpc) is 2.30. The number of anilines is 1. The third-order valence-electron chi connectivity index (χ3n) is 2.67. The van der Waals surface area contributed by atoms with E-state index in [0.29, 0.717) is 11.7 Å². The quantitative estimate of drug-likeness (QED) is 0.874. The lowest BCUT2D eigenvalue weighted by atomic mass is 9.98. The van der Waals surface area contributed by atoms with Crippen molar-refractivity contribution in [2.45, 2.75) is 26.2 Å². The molecule has 2 N–H and O–H groups in total. The van der Waals surface area contributed by atoms with E-state index >= 15 is 0 Å². The Morgan fingerprint density at radius 2 is 2.12 bits per heavy atom. The molecule has 2 heterocycles. The van der Waals surface area contributed by atoms with Crippen molar-refractivity contribution in [1.29, 1.82) is 0 Å². The lowest BCUT2D eigenvalue weighted by Crippen LogP contribution is -2.07. The first kappa shape index (κ1) is 11.5. The van der Waals surface area contributed by atoms with Crippen LogP contribution in [0.3, 0.4) is 0 Å². The van der Waals surface area contributed by atoms with Gasteiger partial charge in [0.05, 0.1) is 5.69 Å². The fraction of sp³-hybridized carbons (Fsp3) is 0.308. The first-order valence-electron chi connectivity index (χ1n) is 5.66. The summed E-state index contributed by atoms with van der Waals surface area (Å²) in [6.45, 7) is 4.20. The second-order valence-electron chi connectivity index (χ2n) is 4.31.